The molecule has 1 aliphatic heterocycles. The molecule has 2 atom stereocenters. The summed E-state index contributed by atoms with van der Waals surface area (Å²) in [5, 5.41) is 3.35. The smallest absolute Gasteiger partial charge is 0.123 e. The van der Waals surface area contributed by atoms with E-state index >= 15 is 0 Å². The van der Waals surface area contributed by atoms with Crippen molar-refractivity contribution in [1.29, 1.82) is 0 Å². The maximum Gasteiger partial charge on any atom is 0.123 e. The summed E-state index contributed by atoms with van der Waals surface area (Å²) in [5.74, 6) is -0.282. The van der Waals surface area contributed by atoms with Crippen LogP contribution in [0.5, 0.6) is 0 Å². The van der Waals surface area contributed by atoms with Crippen LogP contribution in [0.15, 0.2) is 29.2 Å². The zero-order valence-electron chi connectivity index (χ0n) is 7.70. The second-order valence-electron chi connectivity index (χ2n) is 3.37. The molecule has 1 aromatic carbocycles. The molecule has 0 aromatic heterocycles. The van der Waals surface area contributed by atoms with E-state index in [-0.39, 0.29) is 11.1 Å². The van der Waals surface area contributed by atoms with E-state index in [1.807, 2.05) is 0 Å². The second kappa shape index (κ2) is 4.19. The van der Waals surface area contributed by atoms with Gasteiger partial charge in [-0.05, 0) is 37.2 Å². The first kappa shape index (κ1) is 9.80. The molecule has 76 valence electrons. The maximum absolute atomic E-state index is 12.6. The van der Waals surface area contributed by atoms with Gasteiger partial charge in [-0.1, -0.05) is 0 Å². The predicted molar refractivity (Wildman–Crippen MR) is 54.1 cm³/mol. The lowest BCUT2D eigenvalue weighted by Crippen LogP contribution is -2.18. The third kappa shape index (κ3) is 2.01. The largest absolute Gasteiger partial charge is 0.315 e. The van der Waals surface area contributed by atoms with Crippen molar-refractivity contribution in [2.24, 2.45) is 0 Å². The highest BCUT2D eigenvalue weighted by atomic mass is 32.2. The van der Waals surface area contributed by atoms with Gasteiger partial charge in [-0.25, -0.2) is 4.39 Å². The Bertz CT molecular complexity index is 332. The minimum Gasteiger partial charge on any atom is -0.315 e. The summed E-state index contributed by atoms with van der Waals surface area (Å²) < 4.78 is 24.5. The number of benzene rings is 1. The van der Waals surface area contributed by atoms with Gasteiger partial charge in [0.05, 0.1) is 16.0 Å². The molecular weight excluding hydrogens is 201 g/mol. The van der Waals surface area contributed by atoms with E-state index in [4.69, 9.17) is 0 Å². The summed E-state index contributed by atoms with van der Waals surface area (Å²) in [6, 6.07) is 5.92. The fraction of sp³-hybridized carbons (Fsp3) is 0.400. The van der Waals surface area contributed by atoms with E-state index in [1.165, 1.54) is 12.1 Å². The molecule has 2 rings (SSSR count). The number of hydrogen-bond acceptors (Lipinski definition) is 2. The van der Waals surface area contributed by atoms with Gasteiger partial charge >= 0.3 is 0 Å². The molecule has 0 saturated carbocycles. The molecular formula is C10H12FNOS. The molecule has 2 nitrogen and oxygen atoms in total. The molecule has 1 aromatic rings. The van der Waals surface area contributed by atoms with Gasteiger partial charge in [-0.15, -0.1) is 0 Å². The third-order valence-electron chi connectivity index (χ3n) is 2.36. The Hall–Kier alpha value is -0.740. The van der Waals surface area contributed by atoms with Crippen molar-refractivity contribution >= 4 is 10.8 Å². The van der Waals surface area contributed by atoms with Crippen molar-refractivity contribution < 1.29 is 8.60 Å². The second-order valence-corrected chi connectivity index (χ2v) is 5.10. The molecule has 1 fully saturated rings. The zero-order chi connectivity index (χ0) is 9.97. The molecule has 0 radical (unpaired) electrons. The highest BCUT2D eigenvalue weighted by Gasteiger charge is 2.21. The van der Waals surface area contributed by atoms with E-state index in [9.17, 15) is 8.60 Å². The molecule has 1 aliphatic rings. The van der Waals surface area contributed by atoms with E-state index in [2.05, 4.69) is 5.32 Å². The molecule has 4 heteroatoms. The SMILES string of the molecule is O=[S@@](c1ccc(F)cc1)[C@H]1CCNC1. The van der Waals surface area contributed by atoms with Crippen molar-refractivity contribution in [1.82, 2.24) is 5.32 Å². The molecule has 0 unspecified atom stereocenters. The normalized spacial score (nSPS) is 23.6. The van der Waals surface area contributed by atoms with Gasteiger partial charge in [-0.2, -0.15) is 0 Å². The Labute approximate surface area is 85.0 Å². The standard InChI is InChI=1S/C10H12FNOS/c11-8-1-3-9(4-2-8)14(13)10-5-6-12-7-10/h1-4,10,12H,5-7H2/t10-,14-/m0/s1. The minimum atomic E-state index is -0.996. The quantitative estimate of drug-likeness (QED) is 0.802. The van der Waals surface area contributed by atoms with Gasteiger partial charge in [-0.3, -0.25) is 4.21 Å². The van der Waals surface area contributed by atoms with Crippen LogP contribution in [0.3, 0.4) is 0 Å². The number of nitrogens with one attached hydrogen (secondary N) is 1. The monoisotopic (exact) mass is 213 g/mol. The Morgan fingerprint density at radius 3 is 2.64 bits per heavy atom. The molecule has 0 spiro atoms. The van der Waals surface area contributed by atoms with E-state index in [1.54, 1.807) is 12.1 Å². The third-order valence-corrected chi connectivity index (χ3v) is 4.11. The van der Waals surface area contributed by atoms with Crippen LogP contribution in [0.25, 0.3) is 0 Å². The zero-order valence-corrected chi connectivity index (χ0v) is 8.52. The Morgan fingerprint density at radius 1 is 1.36 bits per heavy atom. The molecule has 1 heterocycles. The van der Waals surface area contributed by atoms with Gasteiger partial charge in [0.2, 0.25) is 0 Å². The lowest BCUT2D eigenvalue weighted by atomic mass is 10.3. The summed E-state index contributed by atoms with van der Waals surface area (Å²) in [6.07, 6.45) is 0.935. The van der Waals surface area contributed by atoms with E-state index in [0.29, 0.717) is 0 Å². The van der Waals surface area contributed by atoms with Crippen LogP contribution in [-0.2, 0) is 10.8 Å². The number of hydrogen-bond donors (Lipinski definition) is 1. The summed E-state index contributed by atoms with van der Waals surface area (Å²) in [7, 11) is -0.996. The average Bonchev–Trinajstić information content (AvgIpc) is 2.71. The maximum atomic E-state index is 12.6. The lowest BCUT2D eigenvalue weighted by molar-refractivity contribution is 0.626. The Morgan fingerprint density at radius 2 is 2.07 bits per heavy atom. The first-order valence-electron chi connectivity index (χ1n) is 4.64. The Kier molecular flexibility index (Phi) is 2.93. The number of rotatable bonds is 2. The van der Waals surface area contributed by atoms with Gasteiger partial charge in [0.25, 0.3) is 0 Å². The predicted octanol–water partition coefficient (Wildman–Crippen LogP) is 1.30. The average molecular weight is 213 g/mol. The molecule has 14 heavy (non-hydrogen) atoms. The fourth-order valence-electron chi connectivity index (χ4n) is 1.57. The van der Waals surface area contributed by atoms with Crippen LogP contribution >= 0.6 is 0 Å². The highest BCUT2D eigenvalue weighted by Crippen LogP contribution is 2.16. The minimum absolute atomic E-state index is 0.181. The summed E-state index contributed by atoms with van der Waals surface area (Å²) in [4.78, 5) is 0.722. The van der Waals surface area contributed by atoms with E-state index < -0.39 is 10.8 Å². The first-order valence-corrected chi connectivity index (χ1v) is 5.85. The van der Waals surface area contributed by atoms with Crippen molar-refractivity contribution in [2.45, 2.75) is 16.6 Å². The van der Waals surface area contributed by atoms with Gasteiger partial charge in [0, 0.05) is 11.4 Å². The van der Waals surface area contributed by atoms with Gasteiger partial charge in [0.15, 0.2) is 0 Å². The van der Waals surface area contributed by atoms with Crippen molar-refractivity contribution in [2.75, 3.05) is 13.1 Å². The number of halogens is 1. The summed E-state index contributed by atoms with van der Waals surface area (Å²) in [5.41, 5.74) is 0. The van der Waals surface area contributed by atoms with Crippen molar-refractivity contribution in [3.8, 4) is 0 Å². The summed E-state index contributed by atoms with van der Waals surface area (Å²) in [6.45, 7) is 1.72. The fourth-order valence-corrected chi connectivity index (χ4v) is 2.96. The van der Waals surface area contributed by atoms with Crippen LogP contribution < -0.4 is 5.32 Å². The molecule has 1 saturated heterocycles. The van der Waals surface area contributed by atoms with Crippen LogP contribution in [0, 0.1) is 5.82 Å². The van der Waals surface area contributed by atoms with Crippen LogP contribution in [-0.4, -0.2) is 22.5 Å². The van der Waals surface area contributed by atoms with Crippen LogP contribution in [0.4, 0.5) is 4.39 Å². The van der Waals surface area contributed by atoms with Crippen molar-refractivity contribution in [3.05, 3.63) is 30.1 Å². The van der Waals surface area contributed by atoms with Gasteiger partial charge in [0.1, 0.15) is 5.82 Å². The molecule has 0 amide bonds. The van der Waals surface area contributed by atoms with Crippen molar-refractivity contribution in [3.63, 3.8) is 0 Å². The highest BCUT2D eigenvalue weighted by molar-refractivity contribution is 7.85. The Balaban J connectivity index is 2.14. The topological polar surface area (TPSA) is 29.1 Å². The first-order chi connectivity index (χ1) is 6.77. The van der Waals surface area contributed by atoms with Gasteiger partial charge < -0.3 is 5.32 Å². The molecule has 0 bridgehead atoms. The molecule has 1 N–H and O–H groups in total. The summed E-state index contributed by atoms with van der Waals surface area (Å²) >= 11 is 0. The van der Waals surface area contributed by atoms with Crippen LogP contribution in [0.2, 0.25) is 0 Å². The lowest BCUT2D eigenvalue weighted by Gasteiger charge is -2.07. The molecule has 0 aliphatic carbocycles. The van der Waals surface area contributed by atoms with E-state index in [0.717, 1.165) is 24.4 Å². The van der Waals surface area contributed by atoms with Crippen LogP contribution in [0.1, 0.15) is 6.42 Å².